The zero-order chi connectivity index (χ0) is 12.9. The average Bonchev–Trinajstić information content (AvgIpc) is 2.38. The standard InChI is InChI=1S/C17H20ClN/c18-16(19-15-4-2-1-3-5-15)17-9-12-6-13(10-17)8-14(7-12)11-17/h1-5,12-14H,6-11H2. The van der Waals surface area contributed by atoms with Crippen LogP contribution in [-0.4, -0.2) is 5.17 Å². The molecule has 0 aliphatic heterocycles. The van der Waals surface area contributed by atoms with Gasteiger partial charge in [0.25, 0.3) is 0 Å². The second-order valence-corrected chi connectivity index (χ2v) is 7.29. The molecule has 0 aromatic heterocycles. The van der Waals surface area contributed by atoms with Gasteiger partial charge in [-0.3, -0.25) is 0 Å². The first-order chi connectivity index (χ1) is 9.23. The Bertz CT molecular complexity index is 470. The van der Waals surface area contributed by atoms with E-state index in [4.69, 9.17) is 16.6 Å². The van der Waals surface area contributed by atoms with Crippen LogP contribution in [0.5, 0.6) is 0 Å². The van der Waals surface area contributed by atoms with Crippen LogP contribution in [0.2, 0.25) is 0 Å². The van der Waals surface area contributed by atoms with E-state index < -0.39 is 0 Å². The maximum Gasteiger partial charge on any atom is 0.113 e. The number of hydrogen-bond donors (Lipinski definition) is 0. The van der Waals surface area contributed by atoms with Crippen molar-refractivity contribution in [3.05, 3.63) is 30.3 Å². The summed E-state index contributed by atoms with van der Waals surface area (Å²) >= 11 is 6.69. The van der Waals surface area contributed by atoms with Gasteiger partial charge in [-0.1, -0.05) is 29.8 Å². The van der Waals surface area contributed by atoms with E-state index in [0.29, 0.717) is 0 Å². The Balaban J connectivity index is 1.66. The maximum atomic E-state index is 6.69. The van der Waals surface area contributed by atoms with Crippen molar-refractivity contribution in [3.8, 4) is 0 Å². The first-order valence-corrected chi connectivity index (χ1v) is 7.91. The molecule has 4 saturated carbocycles. The van der Waals surface area contributed by atoms with E-state index in [9.17, 15) is 0 Å². The molecule has 0 heterocycles. The highest BCUT2D eigenvalue weighted by Crippen LogP contribution is 2.61. The van der Waals surface area contributed by atoms with Crippen molar-refractivity contribution in [1.29, 1.82) is 0 Å². The summed E-state index contributed by atoms with van der Waals surface area (Å²) in [7, 11) is 0. The first-order valence-electron chi connectivity index (χ1n) is 7.53. The van der Waals surface area contributed by atoms with Gasteiger partial charge in [-0.05, 0) is 68.4 Å². The Morgan fingerprint density at radius 2 is 1.47 bits per heavy atom. The Hall–Kier alpha value is -0.820. The first kappa shape index (κ1) is 12.0. The van der Waals surface area contributed by atoms with E-state index in [-0.39, 0.29) is 5.41 Å². The smallest absolute Gasteiger partial charge is 0.113 e. The molecule has 0 N–H and O–H groups in total. The molecule has 1 aromatic carbocycles. The summed E-state index contributed by atoms with van der Waals surface area (Å²) in [5, 5.41) is 0.887. The van der Waals surface area contributed by atoms with E-state index in [2.05, 4.69) is 0 Å². The van der Waals surface area contributed by atoms with Crippen LogP contribution in [0.25, 0.3) is 0 Å². The van der Waals surface area contributed by atoms with Crippen LogP contribution in [-0.2, 0) is 0 Å². The third kappa shape index (κ3) is 2.03. The molecule has 1 nitrogen and oxygen atoms in total. The number of nitrogens with zero attached hydrogens (tertiary/aromatic N) is 1. The average molecular weight is 274 g/mol. The summed E-state index contributed by atoms with van der Waals surface area (Å²) < 4.78 is 0. The van der Waals surface area contributed by atoms with Crippen LogP contribution in [0.15, 0.2) is 35.3 Å². The number of rotatable bonds is 2. The molecule has 0 atom stereocenters. The minimum absolute atomic E-state index is 0.228. The summed E-state index contributed by atoms with van der Waals surface area (Å²) in [5.74, 6) is 2.77. The highest BCUT2D eigenvalue weighted by atomic mass is 35.5. The topological polar surface area (TPSA) is 12.4 Å². The van der Waals surface area contributed by atoms with Crippen molar-refractivity contribution in [2.75, 3.05) is 0 Å². The van der Waals surface area contributed by atoms with Crippen LogP contribution in [0.4, 0.5) is 5.69 Å². The zero-order valence-electron chi connectivity index (χ0n) is 11.2. The zero-order valence-corrected chi connectivity index (χ0v) is 11.9. The van der Waals surface area contributed by atoms with Crippen LogP contribution >= 0.6 is 11.6 Å². The van der Waals surface area contributed by atoms with Gasteiger partial charge in [-0.15, -0.1) is 0 Å². The van der Waals surface area contributed by atoms with Gasteiger partial charge in [0.1, 0.15) is 5.17 Å². The second kappa shape index (κ2) is 4.34. The molecule has 4 aliphatic rings. The van der Waals surface area contributed by atoms with E-state index in [0.717, 1.165) is 28.6 Å². The van der Waals surface area contributed by atoms with Crippen LogP contribution < -0.4 is 0 Å². The summed E-state index contributed by atoms with van der Waals surface area (Å²) in [5.41, 5.74) is 1.23. The molecule has 4 fully saturated rings. The van der Waals surface area contributed by atoms with E-state index in [1.54, 1.807) is 0 Å². The summed E-state index contributed by atoms with van der Waals surface area (Å²) in [6, 6.07) is 10.2. The molecule has 0 spiro atoms. The molecule has 1 aromatic rings. The fourth-order valence-corrected chi connectivity index (χ4v) is 5.43. The number of halogens is 1. The summed E-state index contributed by atoms with van der Waals surface area (Å²) in [4.78, 5) is 4.73. The third-order valence-electron chi connectivity index (χ3n) is 5.46. The molecule has 4 bridgehead atoms. The Morgan fingerprint density at radius 3 is 2.00 bits per heavy atom. The molecule has 2 heteroatoms. The van der Waals surface area contributed by atoms with Gasteiger partial charge in [0.05, 0.1) is 5.69 Å². The van der Waals surface area contributed by atoms with Crippen molar-refractivity contribution in [3.63, 3.8) is 0 Å². The van der Waals surface area contributed by atoms with Crippen molar-refractivity contribution in [2.24, 2.45) is 28.2 Å². The van der Waals surface area contributed by atoms with Crippen molar-refractivity contribution >= 4 is 22.5 Å². The van der Waals surface area contributed by atoms with Crippen molar-refractivity contribution in [1.82, 2.24) is 0 Å². The molecule has 0 saturated heterocycles. The maximum absolute atomic E-state index is 6.69. The van der Waals surface area contributed by atoms with Gasteiger partial charge in [0.2, 0.25) is 0 Å². The lowest BCUT2D eigenvalue weighted by Gasteiger charge is -2.56. The predicted molar refractivity (Wildman–Crippen MR) is 80.0 cm³/mol. The second-order valence-electron chi connectivity index (χ2n) is 6.94. The van der Waals surface area contributed by atoms with Gasteiger partial charge < -0.3 is 0 Å². The third-order valence-corrected chi connectivity index (χ3v) is 5.94. The number of aliphatic imine (C=N–C) groups is 1. The van der Waals surface area contributed by atoms with Crippen LogP contribution in [0.3, 0.4) is 0 Å². The van der Waals surface area contributed by atoms with E-state index in [1.807, 2.05) is 30.3 Å². The van der Waals surface area contributed by atoms with Gasteiger partial charge in [0.15, 0.2) is 0 Å². The van der Waals surface area contributed by atoms with Gasteiger partial charge >= 0.3 is 0 Å². The Morgan fingerprint density at radius 1 is 0.947 bits per heavy atom. The minimum Gasteiger partial charge on any atom is -0.241 e. The molecular weight excluding hydrogens is 254 g/mol. The molecule has 0 unspecified atom stereocenters. The highest BCUT2D eigenvalue weighted by Gasteiger charge is 2.53. The van der Waals surface area contributed by atoms with Gasteiger partial charge in [0, 0.05) is 5.41 Å². The predicted octanol–water partition coefficient (Wildman–Crippen LogP) is 5.17. The summed E-state index contributed by atoms with van der Waals surface area (Å²) in [6.45, 7) is 0. The fraction of sp³-hybridized carbons (Fsp3) is 0.588. The van der Waals surface area contributed by atoms with E-state index >= 15 is 0 Å². The van der Waals surface area contributed by atoms with Crippen molar-refractivity contribution < 1.29 is 0 Å². The monoisotopic (exact) mass is 273 g/mol. The molecule has 0 radical (unpaired) electrons. The lowest BCUT2D eigenvalue weighted by atomic mass is 9.50. The molecule has 100 valence electrons. The van der Waals surface area contributed by atoms with Crippen LogP contribution in [0.1, 0.15) is 38.5 Å². The van der Waals surface area contributed by atoms with Crippen LogP contribution in [0, 0.1) is 23.2 Å². The molecular formula is C17H20ClN. The quantitative estimate of drug-likeness (QED) is 0.659. The van der Waals surface area contributed by atoms with Crippen molar-refractivity contribution in [2.45, 2.75) is 38.5 Å². The molecule has 4 aliphatic carbocycles. The molecule has 5 rings (SSSR count). The lowest BCUT2D eigenvalue weighted by molar-refractivity contribution is -0.0108. The minimum atomic E-state index is 0.228. The molecule has 0 amide bonds. The highest BCUT2D eigenvalue weighted by molar-refractivity contribution is 6.66. The largest absolute Gasteiger partial charge is 0.241 e. The summed E-state index contributed by atoms with van der Waals surface area (Å²) in [6.07, 6.45) is 8.22. The molecule has 19 heavy (non-hydrogen) atoms. The number of para-hydroxylation sites is 1. The number of hydrogen-bond acceptors (Lipinski definition) is 1. The van der Waals surface area contributed by atoms with Gasteiger partial charge in [-0.2, -0.15) is 0 Å². The fourth-order valence-electron chi connectivity index (χ4n) is 5.10. The Labute approximate surface area is 120 Å². The lowest BCUT2D eigenvalue weighted by Crippen LogP contribution is -2.48. The van der Waals surface area contributed by atoms with E-state index in [1.165, 1.54) is 38.5 Å². The number of benzene rings is 1. The SMILES string of the molecule is ClC(=Nc1ccccc1)C12CC3CC(CC(C3)C1)C2. The Kier molecular flexibility index (Phi) is 2.73. The van der Waals surface area contributed by atoms with Gasteiger partial charge in [-0.25, -0.2) is 4.99 Å². The normalized spacial score (nSPS) is 40.7.